The maximum absolute atomic E-state index is 11.9. The minimum Gasteiger partial charge on any atom is -0.497 e. The summed E-state index contributed by atoms with van der Waals surface area (Å²) < 4.78 is 10.4. The maximum Gasteiger partial charge on any atom is 0.335 e. The minimum atomic E-state index is -1.23. The summed E-state index contributed by atoms with van der Waals surface area (Å²) in [6, 6.07) is 6.71. The first-order chi connectivity index (χ1) is 9.45. The van der Waals surface area contributed by atoms with Gasteiger partial charge in [0.2, 0.25) is 5.78 Å². The molecule has 1 N–H and O–H groups in total. The topological polar surface area (TPSA) is 72.8 Å². The van der Waals surface area contributed by atoms with Crippen LogP contribution >= 0.6 is 11.6 Å². The zero-order valence-electron chi connectivity index (χ0n) is 10.8. The van der Waals surface area contributed by atoms with Crippen molar-refractivity contribution in [3.8, 4) is 5.75 Å². The second-order valence-electron chi connectivity index (χ2n) is 4.06. The van der Waals surface area contributed by atoms with Crippen molar-refractivity contribution in [1.29, 1.82) is 0 Å². The van der Waals surface area contributed by atoms with E-state index >= 15 is 0 Å². The summed E-state index contributed by atoms with van der Waals surface area (Å²) in [6.45, 7) is 1.29. The highest BCUT2D eigenvalue weighted by molar-refractivity contribution is 6.49. The van der Waals surface area contributed by atoms with Gasteiger partial charge in [0, 0.05) is 5.56 Å². The van der Waals surface area contributed by atoms with Crippen LogP contribution in [0.25, 0.3) is 5.76 Å². The average molecular weight is 295 g/mol. The third kappa shape index (κ3) is 2.40. The number of carbonyl (C=O) groups is 2. The van der Waals surface area contributed by atoms with Crippen LogP contribution in [0.4, 0.5) is 0 Å². The van der Waals surface area contributed by atoms with Gasteiger partial charge in [-0.2, -0.15) is 0 Å². The highest BCUT2D eigenvalue weighted by atomic mass is 35.5. The Balaban J connectivity index is 2.41. The third-order valence-electron chi connectivity index (χ3n) is 2.82. The van der Waals surface area contributed by atoms with Crippen LogP contribution in [-0.4, -0.2) is 24.0 Å². The number of carboxylic acid groups (broad SMARTS) is 1. The van der Waals surface area contributed by atoms with Crippen molar-refractivity contribution >= 4 is 29.1 Å². The molecule has 6 heteroatoms. The minimum absolute atomic E-state index is 0.134. The van der Waals surface area contributed by atoms with Crippen LogP contribution in [0.5, 0.6) is 5.75 Å². The molecular formula is C14H11ClO5. The van der Waals surface area contributed by atoms with Gasteiger partial charge in [0.15, 0.2) is 11.5 Å². The zero-order valence-corrected chi connectivity index (χ0v) is 11.5. The maximum atomic E-state index is 11.9. The van der Waals surface area contributed by atoms with E-state index in [0.29, 0.717) is 11.3 Å². The van der Waals surface area contributed by atoms with Crippen molar-refractivity contribution < 1.29 is 24.2 Å². The molecule has 5 nitrogen and oxygen atoms in total. The summed E-state index contributed by atoms with van der Waals surface area (Å²) in [5.74, 6) is -1.32. The molecule has 0 spiro atoms. The molecular weight excluding hydrogens is 284 g/mol. The largest absolute Gasteiger partial charge is 0.497 e. The summed E-state index contributed by atoms with van der Waals surface area (Å²) in [7, 11) is 1.54. The smallest absolute Gasteiger partial charge is 0.335 e. The van der Waals surface area contributed by atoms with E-state index in [9.17, 15) is 9.59 Å². The van der Waals surface area contributed by atoms with Gasteiger partial charge in [-0.1, -0.05) is 11.6 Å². The fourth-order valence-electron chi connectivity index (χ4n) is 1.67. The van der Waals surface area contributed by atoms with E-state index in [1.54, 1.807) is 24.3 Å². The Hall–Kier alpha value is -2.27. The molecule has 0 aromatic heterocycles. The molecule has 2 rings (SSSR count). The van der Waals surface area contributed by atoms with Crippen LogP contribution in [0.3, 0.4) is 0 Å². The lowest BCUT2D eigenvalue weighted by molar-refractivity contribution is -0.133. The Kier molecular flexibility index (Phi) is 3.81. The monoisotopic (exact) mass is 294 g/mol. The molecule has 0 saturated carbocycles. The Bertz CT molecular complexity index is 640. The normalized spacial score (nSPS) is 17.1. The lowest BCUT2D eigenvalue weighted by atomic mass is 10.1. The number of carbonyl (C=O) groups excluding carboxylic acids is 1. The molecule has 1 aromatic rings. The molecule has 0 aliphatic carbocycles. The SMILES string of the molecule is COc1ccc(C2=C(Cl)C(=O)C(=C(C)C(=O)O)O2)cc1. The van der Waals surface area contributed by atoms with Gasteiger partial charge in [0.25, 0.3) is 0 Å². The molecule has 20 heavy (non-hydrogen) atoms. The number of rotatable bonds is 3. The fourth-order valence-corrected chi connectivity index (χ4v) is 1.90. The Labute approximate surface area is 120 Å². The van der Waals surface area contributed by atoms with Crippen LogP contribution in [0, 0.1) is 0 Å². The number of hydrogen-bond acceptors (Lipinski definition) is 4. The summed E-state index contributed by atoms with van der Waals surface area (Å²) in [5, 5.41) is 8.77. The first-order valence-electron chi connectivity index (χ1n) is 5.66. The van der Waals surface area contributed by atoms with Gasteiger partial charge in [-0.15, -0.1) is 0 Å². The Morgan fingerprint density at radius 1 is 1.30 bits per heavy atom. The molecule has 0 amide bonds. The molecule has 1 heterocycles. The summed E-state index contributed by atoms with van der Waals surface area (Å²) >= 11 is 5.93. The fraction of sp³-hybridized carbons (Fsp3) is 0.143. The number of aliphatic carboxylic acids is 1. The standard InChI is InChI=1S/C14H11ClO5/c1-7(14(17)18)12-11(16)10(15)13(20-12)8-3-5-9(19-2)6-4-8/h3-6H,1-2H3,(H,17,18). The van der Waals surface area contributed by atoms with E-state index < -0.39 is 11.8 Å². The zero-order chi connectivity index (χ0) is 14.9. The van der Waals surface area contributed by atoms with Crippen LogP contribution in [0.2, 0.25) is 0 Å². The number of Topliss-reactive ketones (excluding diaryl/α,β-unsaturated/α-hetero) is 1. The van der Waals surface area contributed by atoms with Crippen LogP contribution < -0.4 is 4.74 Å². The van der Waals surface area contributed by atoms with Crippen molar-refractivity contribution in [2.75, 3.05) is 7.11 Å². The van der Waals surface area contributed by atoms with Crippen molar-refractivity contribution in [3.63, 3.8) is 0 Å². The Morgan fingerprint density at radius 3 is 2.40 bits per heavy atom. The number of ketones is 1. The molecule has 0 radical (unpaired) electrons. The molecule has 1 aliphatic heterocycles. The number of carboxylic acids is 1. The molecule has 0 unspecified atom stereocenters. The number of hydrogen-bond donors (Lipinski definition) is 1. The molecule has 1 aliphatic rings. The summed E-state index contributed by atoms with van der Waals surface area (Å²) in [6.07, 6.45) is 0. The van der Waals surface area contributed by atoms with E-state index in [0.717, 1.165) is 0 Å². The second-order valence-corrected chi connectivity index (χ2v) is 4.44. The number of allylic oxidation sites excluding steroid dienone is 1. The van der Waals surface area contributed by atoms with Crippen molar-refractivity contribution in [1.82, 2.24) is 0 Å². The van der Waals surface area contributed by atoms with Crippen LogP contribution in [0.15, 0.2) is 40.6 Å². The highest BCUT2D eigenvalue weighted by Crippen LogP contribution is 2.36. The third-order valence-corrected chi connectivity index (χ3v) is 3.17. The predicted molar refractivity (Wildman–Crippen MR) is 72.2 cm³/mol. The quantitative estimate of drug-likeness (QED) is 0.867. The van der Waals surface area contributed by atoms with Crippen molar-refractivity contribution in [3.05, 3.63) is 46.2 Å². The van der Waals surface area contributed by atoms with Crippen molar-refractivity contribution in [2.24, 2.45) is 0 Å². The van der Waals surface area contributed by atoms with Crippen LogP contribution in [0.1, 0.15) is 12.5 Å². The van der Waals surface area contributed by atoms with Gasteiger partial charge in [0.1, 0.15) is 10.8 Å². The number of methoxy groups -OCH3 is 1. The van der Waals surface area contributed by atoms with Crippen LogP contribution in [-0.2, 0) is 14.3 Å². The van der Waals surface area contributed by atoms with E-state index in [2.05, 4.69) is 0 Å². The molecule has 0 saturated heterocycles. The summed E-state index contributed by atoms with van der Waals surface area (Å²) in [4.78, 5) is 22.8. The molecule has 1 aromatic carbocycles. The van der Waals surface area contributed by atoms with E-state index in [4.69, 9.17) is 26.2 Å². The molecule has 0 fully saturated rings. The second kappa shape index (κ2) is 5.38. The number of benzene rings is 1. The predicted octanol–water partition coefficient (Wildman–Crippen LogP) is 2.56. The first kappa shape index (κ1) is 14.1. The molecule has 0 atom stereocenters. The average Bonchev–Trinajstić information content (AvgIpc) is 2.75. The van der Waals surface area contributed by atoms with Gasteiger partial charge in [-0.3, -0.25) is 4.79 Å². The van der Waals surface area contributed by atoms with Gasteiger partial charge in [-0.25, -0.2) is 4.79 Å². The number of ether oxygens (including phenoxy) is 2. The van der Waals surface area contributed by atoms with Gasteiger partial charge in [-0.05, 0) is 31.2 Å². The molecule has 104 valence electrons. The van der Waals surface area contributed by atoms with Gasteiger partial charge < -0.3 is 14.6 Å². The van der Waals surface area contributed by atoms with Crippen molar-refractivity contribution in [2.45, 2.75) is 6.92 Å². The highest BCUT2D eigenvalue weighted by Gasteiger charge is 2.33. The van der Waals surface area contributed by atoms with Gasteiger partial charge in [0.05, 0.1) is 12.7 Å². The van der Waals surface area contributed by atoms with E-state index in [-0.39, 0.29) is 22.1 Å². The Morgan fingerprint density at radius 2 is 1.90 bits per heavy atom. The first-order valence-corrected chi connectivity index (χ1v) is 6.04. The molecule has 0 bridgehead atoms. The number of halogens is 1. The lowest BCUT2D eigenvalue weighted by Crippen LogP contribution is -2.06. The van der Waals surface area contributed by atoms with Gasteiger partial charge >= 0.3 is 5.97 Å². The van der Waals surface area contributed by atoms with E-state index in [1.807, 2.05) is 0 Å². The van der Waals surface area contributed by atoms with E-state index in [1.165, 1.54) is 14.0 Å². The summed E-state index contributed by atoms with van der Waals surface area (Å²) in [5.41, 5.74) is 0.383. The lowest BCUT2D eigenvalue weighted by Gasteiger charge is -2.06.